The number of amides is 2. The van der Waals surface area contributed by atoms with E-state index < -0.39 is 45.3 Å². The first-order valence-corrected chi connectivity index (χ1v) is 15.7. The van der Waals surface area contributed by atoms with E-state index in [1.54, 1.807) is 0 Å². The summed E-state index contributed by atoms with van der Waals surface area (Å²) in [6.07, 6.45) is 8.21. The van der Waals surface area contributed by atoms with Gasteiger partial charge in [-0.3, -0.25) is 25.0 Å². The predicted molar refractivity (Wildman–Crippen MR) is 169 cm³/mol. The van der Waals surface area contributed by atoms with Crippen LogP contribution in [0.2, 0.25) is 10.0 Å². The van der Waals surface area contributed by atoms with Crippen LogP contribution < -0.4 is 4.90 Å². The van der Waals surface area contributed by atoms with Gasteiger partial charge in [-0.1, -0.05) is 87.9 Å². The lowest BCUT2D eigenvalue weighted by Gasteiger charge is -2.17. The molecular weight excluding hydrogens is 629 g/mol. The summed E-state index contributed by atoms with van der Waals surface area (Å²) in [6, 6.07) is 2.31. The van der Waals surface area contributed by atoms with Crippen LogP contribution in [0.25, 0.3) is 0 Å². The van der Waals surface area contributed by atoms with Crippen molar-refractivity contribution in [3.8, 4) is 0 Å². The molecule has 0 N–H and O–H groups in total. The molecule has 2 aromatic carbocycles. The number of nitrogens with zero attached hydrogens (tertiary/aromatic N) is 3. The quantitative estimate of drug-likeness (QED) is 0.0737. The largest absolute Gasteiger partial charge is 0.462 e. The van der Waals surface area contributed by atoms with Gasteiger partial charge in [0.2, 0.25) is 6.10 Å². The lowest BCUT2D eigenvalue weighted by atomic mass is 9.91. The number of imide groups is 1. The fraction of sp³-hybridized carbons (Fsp3) is 0.516. The van der Waals surface area contributed by atoms with Gasteiger partial charge in [0.05, 0.1) is 37.7 Å². The van der Waals surface area contributed by atoms with Gasteiger partial charge >= 0.3 is 12.1 Å². The molecule has 0 saturated carbocycles. The number of ether oxygens (including phenoxy) is 2. The fourth-order valence-corrected chi connectivity index (χ4v) is 6.20. The van der Waals surface area contributed by atoms with Gasteiger partial charge in [-0.2, -0.15) is 0 Å². The number of hydrogen-bond acceptors (Lipinski definition) is 9. The Morgan fingerprint density at radius 1 is 0.844 bits per heavy atom. The van der Waals surface area contributed by atoms with Crippen molar-refractivity contribution in [1.29, 1.82) is 0 Å². The minimum Gasteiger partial charge on any atom is -0.462 e. The molecule has 3 rings (SSSR count). The summed E-state index contributed by atoms with van der Waals surface area (Å²) >= 11 is 12.6. The van der Waals surface area contributed by atoms with E-state index in [2.05, 4.69) is 6.92 Å². The zero-order valence-electron chi connectivity index (χ0n) is 25.8. The number of benzene rings is 2. The summed E-state index contributed by atoms with van der Waals surface area (Å²) < 4.78 is 10.7. The van der Waals surface area contributed by atoms with E-state index in [-0.39, 0.29) is 50.2 Å². The van der Waals surface area contributed by atoms with Gasteiger partial charge in [0.25, 0.3) is 17.3 Å². The maximum atomic E-state index is 13.6. The minimum absolute atomic E-state index is 0.0629. The number of esters is 1. The summed E-state index contributed by atoms with van der Waals surface area (Å²) in [6.45, 7) is 6.22. The second-order valence-corrected chi connectivity index (χ2v) is 11.9. The highest BCUT2D eigenvalue weighted by Gasteiger charge is 2.47. The van der Waals surface area contributed by atoms with Gasteiger partial charge in [-0.25, -0.2) is 14.5 Å². The van der Waals surface area contributed by atoms with Crippen LogP contribution in [0.5, 0.6) is 0 Å². The van der Waals surface area contributed by atoms with E-state index in [0.717, 1.165) is 25.3 Å². The number of carbonyl (C=O) groups excluding carboxylic acids is 3. The van der Waals surface area contributed by atoms with Crippen LogP contribution in [0.4, 0.5) is 21.9 Å². The number of anilines is 1. The van der Waals surface area contributed by atoms with E-state index in [9.17, 15) is 34.6 Å². The number of rotatable bonds is 16. The van der Waals surface area contributed by atoms with Crippen molar-refractivity contribution in [3.63, 3.8) is 0 Å². The van der Waals surface area contributed by atoms with Crippen LogP contribution in [0.3, 0.4) is 0 Å². The van der Waals surface area contributed by atoms with Gasteiger partial charge in [-0.05, 0) is 39.3 Å². The van der Waals surface area contributed by atoms with Crippen LogP contribution in [-0.4, -0.2) is 34.4 Å². The summed E-state index contributed by atoms with van der Waals surface area (Å²) in [5.74, 6) is -1.78. The average molecular weight is 667 g/mol. The van der Waals surface area contributed by atoms with Crippen LogP contribution in [0, 0.1) is 41.0 Å². The Balaban J connectivity index is 1.76. The molecule has 45 heavy (non-hydrogen) atoms. The van der Waals surface area contributed by atoms with E-state index in [1.165, 1.54) is 65.4 Å². The third-order valence-corrected chi connectivity index (χ3v) is 8.55. The molecule has 1 aliphatic rings. The van der Waals surface area contributed by atoms with Crippen molar-refractivity contribution in [1.82, 2.24) is 0 Å². The zero-order valence-corrected chi connectivity index (χ0v) is 27.3. The number of cyclic esters (lactones) is 1. The first-order chi connectivity index (χ1) is 21.3. The van der Waals surface area contributed by atoms with Crippen molar-refractivity contribution in [2.24, 2.45) is 0 Å². The molecule has 1 atom stereocenters. The summed E-state index contributed by atoms with van der Waals surface area (Å²) in [5.41, 5.74) is -2.00. The summed E-state index contributed by atoms with van der Waals surface area (Å²) in [5, 5.41) is 23.4. The van der Waals surface area contributed by atoms with E-state index in [0.29, 0.717) is 11.3 Å². The lowest BCUT2D eigenvalue weighted by molar-refractivity contribution is -0.396. The number of nitro benzene ring substituents is 2. The highest BCUT2D eigenvalue weighted by Crippen LogP contribution is 2.45. The Kier molecular flexibility index (Phi) is 12.7. The summed E-state index contributed by atoms with van der Waals surface area (Å²) in [4.78, 5) is 62.1. The molecule has 0 aromatic heterocycles. The third-order valence-electron chi connectivity index (χ3n) is 7.93. The Bertz CT molecular complexity index is 1450. The number of carbonyl (C=O) groups is 3. The van der Waals surface area contributed by atoms with Crippen LogP contribution in [0.15, 0.2) is 12.1 Å². The molecule has 0 radical (unpaired) electrons. The molecule has 1 heterocycles. The summed E-state index contributed by atoms with van der Waals surface area (Å²) in [7, 11) is 0. The second-order valence-electron chi connectivity index (χ2n) is 11.0. The molecule has 1 fully saturated rings. The maximum Gasteiger partial charge on any atom is 0.422 e. The number of nitro groups is 2. The molecule has 12 nitrogen and oxygen atoms in total. The number of halogens is 2. The Hall–Kier alpha value is -3.77. The molecule has 1 saturated heterocycles. The first-order valence-electron chi connectivity index (χ1n) is 15.0. The zero-order chi connectivity index (χ0) is 33.4. The van der Waals surface area contributed by atoms with Gasteiger partial charge < -0.3 is 9.47 Å². The molecule has 2 aromatic rings. The van der Waals surface area contributed by atoms with Crippen LogP contribution >= 0.6 is 23.2 Å². The molecule has 2 amide bonds. The number of unbranched alkanes of at least 4 members (excludes halogenated alkanes) is 9. The maximum absolute atomic E-state index is 13.6. The van der Waals surface area contributed by atoms with E-state index in [4.69, 9.17) is 32.7 Å². The van der Waals surface area contributed by atoms with E-state index in [1.807, 2.05) is 0 Å². The third kappa shape index (κ3) is 8.09. The monoisotopic (exact) mass is 665 g/mol. The molecule has 1 aliphatic heterocycles. The Labute approximate surface area is 271 Å². The topological polar surface area (TPSA) is 159 Å². The van der Waals surface area contributed by atoms with Gasteiger partial charge in [0.1, 0.15) is 5.56 Å². The van der Waals surface area contributed by atoms with E-state index >= 15 is 0 Å². The molecule has 1 unspecified atom stereocenters. The standard InChI is InChI=1S/C31H37Cl2N3O9/c1-5-6-7-8-9-10-11-12-13-14-15-44-30(38)21-16-24(23(33)17-22(21)32)34-29(37)28(45-31(34)39)25-18(2)26(35(40)41)20(4)27(19(25)3)36(42)43/h16-17,28H,5-15H2,1-4H3. The first kappa shape index (κ1) is 35.7. The van der Waals surface area contributed by atoms with Crippen molar-refractivity contribution in [2.75, 3.05) is 11.5 Å². The van der Waals surface area contributed by atoms with Gasteiger partial charge in [-0.15, -0.1) is 0 Å². The van der Waals surface area contributed by atoms with Crippen molar-refractivity contribution in [2.45, 2.75) is 98.0 Å². The molecule has 244 valence electrons. The molecule has 0 aliphatic carbocycles. The minimum atomic E-state index is -1.74. The predicted octanol–water partition coefficient (Wildman–Crippen LogP) is 9.04. The van der Waals surface area contributed by atoms with Gasteiger partial charge in [0, 0.05) is 16.7 Å². The molecule has 0 bridgehead atoms. The van der Waals surface area contributed by atoms with Crippen LogP contribution in [-0.2, 0) is 14.3 Å². The van der Waals surface area contributed by atoms with Crippen molar-refractivity contribution in [3.05, 3.63) is 70.2 Å². The lowest BCUT2D eigenvalue weighted by Crippen LogP contribution is -2.30. The van der Waals surface area contributed by atoms with Crippen molar-refractivity contribution >= 4 is 58.2 Å². The average Bonchev–Trinajstić information content (AvgIpc) is 3.24. The Morgan fingerprint density at radius 2 is 1.36 bits per heavy atom. The van der Waals surface area contributed by atoms with Crippen LogP contribution in [0.1, 0.15) is 110 Å². The normalized spacial score (nSPS) is 14.5. The van der Waals surface area contributed by atoms with Gasteiger partial charge in [0.15, 0.2) is 0 Å². The SMILES string of the molecule is CCCCCCCCCCCCOC(=O)c1cc(N2C(=O)OC(c3c(C)c([N+](=O)[O-])c(C)c([N+](=O)[O-])c3C)C2=O)c(Cl)cc1Cl. The fourth-order valence-electron chi connectivity index (χ4n) is 5.66. The smallest absolute Gasteiger partial charge is 0.422 e. The highest BCUT2D eigenvalue weighted by molar-refractivity contribution is 6.39. The molecule has 0 spiro atoms. The second kappa shape index (κ2) is 16.0. The number of hydrogen-bond donors (Lipinski definition) is 0. The molecular formula is C31H37Cl2N3O9. The Morgan fingerprint density at radius 3 is 1.87 bits per heavy atom. The molecule has 14 heteroatoms. The highest BCUT2D eigenvalue weighted by atomic mass is 35.5. The van der Waals surface area contributed by atoms with Crippen molar-refractivity contribution < 1.29 is 33.7 Å².